The van der Waals surface area contributed by atoms with Crippen LogP contribution in [0.5, 0.6) is 5.75 Å². The lowest BCUT2D eigenvalue weighted by atomic mass is 9.91. The average Bonchev–Trinajstić information content (AvgIpc) is 3.33. The van der Waals surface area contributed by atoms with Gasteiger partial charge in [0.25, 0.3) is 0 Å². The molecule has 0 fully saturated rings. The molecule has 0 radical (unpaired) electrons. The van der Waals surface area contributed by atoms with Crippen molar-refractivity contribution in [2.75, 3.05) is 6.61 Å². The monoisotopic (exact) mass is 406 g/mol. The van der Waals surface area contributed by atoms with Gasteiger partial charge < -0.3 is 4.74 Å². The van der Waals surface area contributed by atoms with Gasteiger partial charge in [-0.05, 0) is 61.1 Å². The van der Waals surface area contributed by atoms with Crippen LogP contribution in [-0.4, -0.2) is 22.2 Å². The Kier molecular flexibility index (Phi) is 5.46. The molecule has 1 aliphatic heterocycles. The summed E-state index contributed by atoms with van der Waals surface area (Å²) in [5.41, 5.74) is 6.38. The zero-order valence-corrected chi connectivity index (χ0v) is 17.9. The van der Waals surface area contributed by atoms with Crippen LogP contribution < -0.4 is 4.74 Å². The minimum Gasteiger partial charge on any atom is -0.493 e. The number of benzene rings is 2. The van der Waals surface area contributed by atoms with Crippen molar-refractivity contribution in [3.63, 3.8) is 0 Å². The molecule has 1 atom stereocenters. The van der Waals surface area contributed by atoms with E-state index in [1.165, 1.54) is 11.6 Å². The number of carbonyl (C=O) groups excluding carboxylic acids is 1. The van der Waals surface area contributed by atoms with Gasteiger partial charge in [0.1, 0.15) is 11.4 Å². The van der Waals surface area contributed by atoms with Crippen molar-refractivity contribution in [1.29, 1.82) is 0 Å². The van der Waals surface area contributed by atoms with Gasteiger partial charge in [0.2, 0.25) is 0 Å². The zero-order chi connectivity index (χ0) is 21.4. The van der Waals surface area contributed by atoms with Crippen molar-refractivity contribution in [2.45, 2.75) is 46.8 Å². The van der Waals surface area contributed by atoms with Crippen molar-refractivity contribution >= 4 is 5.78 Å². The van der Waals surface area contributed by atoms with Crippen LogP contribution in [0.4, 0.5) is 4.39 Å². The topological polar surface area (TPSA) is 44.1 Å². The molecular formula is C25H27FN2O2. The van der Waals surface area contributed by atoms with Crippen LogP contribution in [0.2, 0.25) is 0 Å². The van der Waals surface area contributed by atoms with Gasteiger partial charge in [-0.1, -0.05) is 32.0 Å². The second kappa shape index (κ2) is 8.05. The van der Waals surface area contributed by atoms with Gasteiger partial charge in [-0.2, -0.15) is 5.10 Å². The maximum absolute atomic E-state index is 14.1. The predicted octanol–water partition coefficient (Wildman–Crippen LogP) is 6.04. The standard InChI is InChI=1S/C25H27FN2O2/c1-15(2)11-21-12-18(5-7-22(21)16(3)29)23-14-28(17(4)26)27-25(23)20-6-8-24-19(13-20)9-10-30-24/h5-8,12-15,17H,9-11H2,1-4H3. The van der Waals surface area contributed by atoms with Crippen LogP contribution in [-0.2, 0) is 12.8 Å². The minimum absolute atomic E-state index is 0.0594. The summed E-state index contributed by atoms with van der Waals surface area (Å²) in [4.78, 5) is 12.1. The molecule has 0 saturated heterocycles. The van der Waals surface area contributed by atoms with Crippen LogP contribution >= 0.6 is 0 Å². The van der Waals surface area contributed by atoms with E-state index in [9.17, 15) is 9.18 Å². The fourth-order valence-corrected chi connectivity index (χ4v) is 4.05. The van der Waals surface area contributed by atoms with Gasteiger partial charge >= 0.3 is 0 Å². The lowest BCUT2D eigenvalue weighted by Gasteiger charge is -2.12. The number of carbonyl (C=O) groups is 1. The molecule has 1 aliphatic rings. The molecule has 30 heavy (non-hydrogen) atoms. The van der Waals surface area contributed by atoms with E-state index in [1.807, 2.05) is 24.3 Å². The van der Waals surface area contributed by atoms with E-state index in [0.717, 1.165) is 57.7 Å². The smallest absolute Gasteiger partial charge is 0.188 e. The molecule has 0 saturated carbocycles. The Labute approximate surface area is 176 Å². The molecule has 156 valence electrons. The third-order valence-electron chi connectivity index (χ3n) is 5.48. The molecular weight excluding hydrogens is 379 g/mol. The van der Waals surface area contributed by atoms with E-state index in [0.29, 0.717) is 12.5 Å². The molecule has 4 nitrogen and oxygen atoms in total. The largest absolute Gasteiger partial charge is 0.493 e. The molecule has 0 amide bonds. The number of Topliss-reactive ketones (excluding diaryl/α,β-unsaturated/α-hetero) is 1. The molecule has 2 heterocycles. The highest BCUT2D eigenvalue weighted by atomic mass is 19.1. The molecule has 1 unspecified atom stereocenters. The zero-order valence-electron chi connectivity index (χ0n) is 17.9. The lowest BCUT2D eigenvalue weighted by Crippen LogP contribution is -2.03. The molecule has 3 aromatic rings. The number of hydrogen-bond acceptors (Lipinski definition) is 3. The maximum atomic E-state index is 14.1. The summed E-state index contributed by atoms with van der Waals surface area (Å²) >= 11 is 0. The van der Waals surface area contributed by atoms with Gasteiger partial charge in [0, 0.05) is 29.3 Å². The number of ether oxygens (including phenoxy) is 1. The van der Waals surface area contributed by atoms with E-state index >= 15 is 0 Å². The second-order valence-electron chi connectivity index (χ2n) is 8.39. The highest BCUT2D eigenvalue weighted by molar-refractivity contribution is 5.96. The van der Waals surface area contributed by atoms with Gasteiger partial charge in [-0.3, -0.25) is 4.79 Å². The average molecular weight is 407 g/mol. The van der Waals surface area contributed by atoms with Crippen LogP contribution in [0.25, 0.3) is 22.4 Å². The van der Waals surface area contributed by atoms with Crippen LogP contribution in [0.1, 0.15) is 55.5 Å². The van der Waals surface area contributed by atoms with Gasteiger partial charge in [0.15, 0.2) is 12.1 Å². The lowest BCUT2D eigenvalue weighted by molar-refractivity contribution is 0.101. The van der Waals surface area contributed by atoms with Crippen molar-refractivity contribution in [2.24, 2.45) is 5.92 Å². The first-order valence-corrected chi connectivity index (χ1v) is 10.5. The number of nitrogens with zero attached hydrogens (tertiary/aromatic N) is 2. The van der Waals surface area contributed by atoms with Crippen LogP contribution in [0.3, 0.4) is 0 Å². The van der Waals surface area contributed by atoms with Crippen molar-refractivity contribution in [1.82, 2.24) is 9.78 Å². The first-order chi connectivity index (χ1) is 14.3. The number of hydrogen-bond donors (Lipinski definition) is 0. The Balaban J connectivity index is 1.85. The summed E-state index contributed by atoms with van der Waals surface area (Å²) < 4.78 is 21.1. The number of halogens is 1. The van der Waals surface area contributed by atoms with Gasteiger partial charge in [-0.15, -0.1) is 0 Å². The van der Waals surface area contributed by atoms with Gasteiger partial charge in [-0.25, -0.2) is 9.07 Å². The summed E-state index contributed by atoms with van der Waals surface area (Å²) in [5.74, 6) is 1.39. The highest BCUT2D eigenvalue weighted by Crippen LogP contribution is 2.36. The quantitative estimate of drug-likeness (QED) is 0.469. The third-order valence-corrected chi connectivity index (χ3v) is 5.48. The normalized spacial score (nSPS) is 13.9. The third kappa shape index (κ3) is 3.89. The van der Waals surface area contributed by atoms with Crippen molar-refractivity contribution < 1.29 is 13.9 Å². The summed E-state index contributed by atoms with van der Waals surface area (Å²) in [6, 6.07) is 11.9. The van der Waals surface area contributed by atoms with Crippen molar-refractivity contribution in [3.05, 3.63) is 59.3 Å². The fraction of sp³-hybridized carbons (Fsp3) is 0.360. The maximum Gasteiger partial charge on any atom is 0.188 e. The molecule has 0 aliphatic carbocycles. The summed E-state index contributed by atoms with van der Waals surface area (Å²) in [5, 5.41) is 4.56. The van der Waals surface area contributed by atoms with Crippen LogP contribution in [0, 0.1) is 5.92 Å². The Bertz CT molecular complexity index is 1100. The molecule has 0 spiro atoms. The summed E-state index contributed by atoms with van der Waals surface area (Å²) in [6.07, 6.45) is 2.19. The molecule has 5 heteroatoms. The van der Waals surface area contributed by atoms with Crippen molar-refractivity contribution in [3.8, 4) is 28.1 Å². The number of rotatable bonds is 6. The summed E-state index contributed by atoms with van der Waals surface area (Å²) in [7, 11) is 0. The molecule has 1 aromatic heterocycles. The predicted molar refractivity (Wildman–Crippen MR) is 117 cm³/mol. The Morgan fingerprint density at radius 2 is 1.93 bits per heavy atom. The summed E-state index contributed by atoms with van der Waals surface area (Å²) in [6.45, 7) is 8.03. The molecule has 0 bridgehead atoms. The van der Waals surface area contributed by atoms with Gasteiger partial charge in [0.05, 0.1) is 6.61 Å². The highest BCUT2D eigenvalue weighted by Gasteiger charge is 2.20. The number of aromatic nitrogens is 2. The first-order valence-electron chi connectivity index (χ1n) is 10.5. The molecule has 4 rings (SSSR count). The minimum atomic E-state index is -1.23. The fourth-order valence-electron chi connectivity index (χ4n) is 4.05. The van der Waals surface area contributed by atoms with E-state index in [-0.39, 0.29) is 5.78 Å². The van der Waals surface area contributed by atoms with Crippen LogP contribution in [0.15, 0.2) is 42.6 Å². The number of fused-ring (bicyclic) bond motifs is 1. The van der Waals surface area contributed by atoms with E-state index in [4.69, 9.17) is 4.74 Å². The Morgan fingerprint density at radius 3 is 2.63 bits per heavy atom. The SMILES string of the molecule is CC(=O)c1ccc(-c2cn(C(C)F)nc2-c2ccc3c(c2)CCO3)cc1CC(C)C. The van der Waals surface area contributed by atoms with E-state index < -0.39 is 6.30 Å². The second-order valence-corrected chi connectivity index (χ2v) is 8.39. The molecule has 0 N–H and O–H groups in total. The number of ketones is 1. The van der Waals surface area contributed by atoms with E-state index in [1.54, 1.807) is 13.1 Å². The molecule has 2 aromatic carbocycles. The Hall–Kier alpha value is -2.95. The Morgan fingerprint density at radius 1 is 1.17 bits per heavy atom. The number of alkyl halides is 1. The van der Waals surface area contributed by atoms with E-state index in [2.05, 4.69) is 31.1 Å². The first kappa shape index (κ1) is 20.3.